The van der Waals surface area contributed by atoms with E-state index in [4.69, 9.17) is 14.6 Å². The average Bonchev–Trinajstić information content (AvgIpc) is 2.93. The number of aliphatic hydroxyl groups excluding tert-OH is 3. The second-order valence-corrected chi connectivity index (χ2v) is 6.28. The Labute approximate surface area is 140 Å². The van der Waals surface area contributed by atoms with Gasteiger partial charge in [-0.1, -0.05) is 44.3 Å². The summed E-state index contributed by atoms with van der Waals surface area (Å²) in [6.45, 7) is 2.39. The highest BCUT2D eigenvalue weighted by Crippen LogP contribution is 2.21. The third-order valence-corrected chi connectivity index (χ3v) is 4.29. The van der Waals surface area contributed by atoms with Crippen LogP contribution in [0.15, 0.2) is 12.2 Å². The quantitative estimate of drug-likeness (QED) is 0.356. The predicted molar refractivity (Wildman–Crippen MR) is 90.3 cm³/mol. The molecule has 0 unspecified atom stereocenters. The van der Waals surface area contributed by atoms with Crippen molar-refractivity contribution in [3.05, 3.63) is 12.2 Å². The molecule has 1 aliphatic heterocycles. The van der Waals surface area contributed by atoms with E-state index in [1.165, 1.54) is 38.5 Å². The molecule has 0 aliphatic carbocycles. The standard InChI is InChI=1S/C18H34O5/c1-2-3-4-5-6-7-8-9-10-11-12-22-18-16(21)14-23-17(18)15(20)13-19/h2-3,15-21H,4-14H2,1H3/b3-2+/t15-,16+,17+,18+/m1/s1. The molecule has 0 aromatic rings. The molecule has 23 heavy (non-hydrogen) atoms. The second kappa shape index (κ2) is 12.9. The first-order valence-corrected chi connectivity index (χ1v) is 9.02. The van der Waals surface area contributed by atoms with Crippen LogP contribution < -0.4 is 0 Å². The first-order valence-electron chi connectivity index (χ1n) is 9.02. The van der Waals surface area contributed by atoms with Crippen LogP contribution >= 0.6 is 0 Å². The van der Waals surface area contributed by atoms with Gasteiger partial charge >= 0.3 is 0 Å². The van der Waals surface area contributed by atoms with E-state index in [0.717, 1.165) is 12.8 Å². The summed E-state index contributed by atoms with van der Waals surface area (Å²) in [5.41, 5.74) is 0. The third-order valence-electron chi connectivity index (χ3n) is 4.29. The predicted octanol–water partition coefficient (Wildman–Crippen LogP) is 2.18. The number of allylic oxidation sites excluding steroid dienone is 2. The van der Waals surface area contributed by atoms with Gasteiger partial charge < -0.3 is 24.8 Å². The molecule has 3 N–H and O–H groups in total. The lowest BCUT2D eigenvalue weighted by Crippen LogP contribution is -2.42. The molecular formula is C18H34O5. The molecule has 0 bridgehead atoms. The Morgan fingerprint density at radius 1 is 1.13 bits per heavy atom. The maximum atomic E-state index is 9.82. The highest BCUT2D eigenvalue weighted by molar-refractivity contribution is 4.89. The molecule has 1 saturated heterocycles. The number of unbranched alkanes of at least 4 members (excludes halogenated alkanes) is 7. The fourth-order valence-electron chi connectivity index (χ4n) is 2.89. The molecule has 1 heterocycles. The zero-order valence-electron chi connectivity index (χ0n) is 14.4. The van der Waals surface area contributed by atoms with Crippen LogP contribution in [0.1, 0.15) is 58.3 Å². The SMILES string of the molecule is C/C=C/CCCCCCCCCO[C@@H]1[C@H]([C@H](O)CO)OC[C@@H]1O. The van der Waals surface area contributed by atoms with E-state index in [-0.39, 0.29) is 13.2 Å². The average molecular weight is 330 g/mol. The highest BCUT2D eigenvalue weighted by atomic mass is 16.6. The summed E-state index contributed by atoms with van der Waals surface area (Å²) in [5.74, 6) is 0. The minimum Gasteiger partial charge on any atom is -0.394 e. The van der Waals surface area contributed by atoms with Gasteiger partial charge in [-0.15, -0.1) is 0 Å². The molecule has 0 saturated carbocycles. The largest absolute Gasteiger partial charge is 0.394 e. The number of rotatable bonds is 13. The number of ether oxygens (including phenoxy) is 2. The Bertz CT molecular complexity index is 308. The monoisotopic (exact) mass is 330 g/mol. The number of hydrogen-bond donors (Lipinski definition) is 3. The molecule has 5 nitrogen and oxygen atoms in total. The van der Waals surface area contributed by atoms with E-state index in [0.29, 0.717) is 6.61 Å². The highest BCUT2D eigenvalue weighted by Gasteiger charge is 2.40. The smallest absolute Gasteiger partial charge is 0.114 e. The van der Waals surface area contributed by atoms with Crippen LogP contribution in [0.2, 0.25) is 0 Å². The maximum absolute atomic E-state index is 9.82. The van der Waals surface area contributed by atoms with Crippen molar-refractivity contribution in [3.8, 4) is 0 Å². The lowest BCUT2D eigenvalue weighted by Gasteiger charge is -2.23. The molecule has 4 atom stereocenters. The molecule has 0 radical (unpaired) electrons. The van der Waals surface area contributed by atoms with Gasteiger partial charge in [-0.3, -0.25) is 0 Å². The maximum Gasteiger partial charge on any atom is 0.114 e. The Kier molecular flexibility index (Phi) is 11.5. The lowest BCUT2D eigenvalue weighted by molar-refractivity contribution is -0.0938. The van der Waals surface area contributed by atoms with E-state index in [1.807, 2.05) is 0 Å². The van der Waals surface area contributed by atoms with Crippen LogP contribution in [0, 0.1) is 0 Å². The van der Waals surface area contributed by atoms with Gasteiger partial charge in [0.1, 0.15) is 24.4 Å². The minimum absolute atomic E-state index is 0.152. The fraction of sp³-hybridized carbons (Fsp3) is 0.889. The number of aliphatic hydroxyl groups is 3. The van der Waals surface area contributed by atoms with Crippen molar-refractivity contribution in [2.45, 2.75) is 82.7 Å². The van der Waals surface area contributed by atoms with Crippen LogP contribution in [0.3, 0.4) is 0 Å². The molecular weight excluding hydrogens is 296 g/mol. The summed E-state index contributed by atoms with van der Waals surface area (Å²) in [6, 6.07) is 0. The van der Waals surface area contributed by atoms with Crippen LogP contribution in [0.4, 0.5) is 0 Å². The van der Waals surface area contributed by atoms with Crippen LogP contribution in [0.5, 0.6) is 0 Å². The number of hydrogen-bond acceptors (Lipinski definition) is 5. The van der Waals surface area contributed by atoms with Crippen molar-refractivity contribution < 1.29 is 24.8 Å². The topological polar surface area (TPSA) is 79.2 Å². The van der Waals surface area contributed by atoms with E-state index < -0.39 is 24.4 Å². The second-order valence-electron chi connectivity index (χ2n) is 6.28. The molecule has 1 rings (SSSR count). The van der Waals surface area contributed by atoms with Gasteiger partial charge in [0.05, 0.1) is 13.2 Å². The zero-order chi connectivity index (χ0) is 16.9. The normalized spacial score (nSPS) is 26.2. The summed E-state index contributed by atoms with van der Waals surface area (Å²) in [5, 5.41) is 28.5. The molecule has 0 aromatic carbocycles. The minimum atomic E-state index is -1.00. The van der Waals surface area contributed by atoms with Crippen molar-refractivity contribution in [2.24, 2.45) is 0 Å². The molecule has 0 amide bonds. The van der Waals surface area contributed by atoms with Gasteiger partial charge in [0.15, 0.2) is 0 Å². The van der Waals surface area contributed by atoms with Crippen molar-refractivity contribution in [2.75, 3.05) is 19.8 Å². The fourth-order valence-corrected chi connectivity index (χ4v) is 2.89. The van der Waals surface area contributed by atoms with Gasteiger partial charge in [-0.05, 0) is 26.2 Å². The Balaban J connectivity index is 1.99. The summed E-state index contributed by atoms with van der Waals surface area (Å²) < 4.78 is 11.0. The first kappa shape index (κ1) is 20.6. The van der Waals surface area contributed by atoms with E-state index in [1.54, 1.807) is 0 Å². The Morgan fingerprint density at radius 2 is 1.78 bits per heavy atom. The summed E-state index contributed by atoms with van der Waals surface area (Å²) in [4.78, 5) is 0. The van der Waals surface area contributed by atoms with Gasteiger partial charge in [-0.25, -0.2) is 0 Å². The van der Waals surface area contributed by atoms with Gasteiger partial charge in [0.2, 0.25) is 0 Å². The Hall–Kier alpha value is -0.460. The first-order chi connectivity index (χ1) is 11.2. The molecule has 1 aliphatic rings. The Morgan fingerprint density at radius 3 is 2.43 bits per heavy atom. The summed E-state index contributed by atoms with van der Waals surface area (Å²) >= 11 is 0. The zero-order valence-corrected chi connectivity index (χ0v) is 14.4. The van der Waals surface area contributed by atoms with E-state index in [9.17, 15) is 10.2 Å². The van der Waals surface area contributed by atoms with Crippen molar-refractivity contribution >= 4 is 0 Å². The van der Waals surface area contributed by atoms with Crippen LogP contribution in [-0.4, -0.2) is 59.6 Å². The van der Waals surface area contributed by atoms with E-state index in [2.05, 4.69) is 19.1 Å². The van der Waals surface area contributed by atoms with Crippen LogP contribution in [-0.2, 0) is 9.47 Å². The molecule has 0 aromatic heterocycles. The van der Waals surface area contributed by atoms with Crippen LogP contribution in [0.25, 0.3) is 0 Å². The molecule has 0 spiro atoms. The van der Waals surface area contributed by atoms with Gasteiger partial charge in [-0.2, -0.15) is 0 Å². The third kappa shape index (κ3) is 8.27. The van der Waals surface area contributed by atoms with Gasteiger partial charge in [0.25, 0.3) is 0 Å². The molecule has 1 fully saturated rings. The molecule has 5 heteroatoms. The van der Waals surface area contributed by atoms with Gasteiger partial charge in [0, 0.05) is 6.61 Å². The van der Waals surface area contributed by atoms with Crippen molar-refractivity contribution in [1.29, 1.82) is 0 Å². The van der Waals surface area contributed by atoms with Crippen molar-refractivity contribution in [3.63, 3.8) is 0 Å². The van der Waals surface area contributed by atoms with Crippen molar-refractivity contribution in [1.82, 2.24) is 0 Å². The summed E-state index contributed by atoms with van der Waals surface area (Å²) in [6.07, 6.45) is 11.0. The molecule has 136 valence electrons. The lowest BCUT2D eigenvalue weighted by atomic mass is 10.1. The summed E-state index contributed by atoms with van der Waals surface area (Å²) in [7, 11) is 0. The van der Waals surface area contributed by atoms with E-state index >= 15 is 0 Å².